The van der Waals surface area contributed by atoms with Gasteiger partial charge in [0.05, 0.1) is 0 Å². The van der Waals surface area contributed by atoms with Crippen LogP contribution in [0.15, 0.2) is 30.9 Å². The molecule has 5 heteroatoms. The summed E-state index contributed by atoms with van der Waals surface area (Å²) in [5, 5.41) is 6.70. The van der Waals surface area contributed by atoms with E-state index in [-0.39, 0.29) is 0 Å². The Kier molecular flexibility index (Phi) is 3.23. The Morgan fingerprint density at radius 2 is 2.17 bits per heavy atom. The first-order valence-electron chi connectivity index (χ1n) is 6.34. The molecule has 1 aliphatic heterocycles. The molecule has 94 valence electrons. The van der Waals surface area contributed by atoms with Gasteiger partial charge in [-0.15, -0.1) is 0 Å². The quantitative estimate of drug-likeness (QED) is 0.763. The second-order valence-electron chi connectivity index (χ2n) is 4.57. The highest BCUT2D eigenvalue weighted by Gasteiger charge is 2.13. The molecule has 2 aromatic heterocycles. The van der Waals surface area contributed by atoms with Crippen LogP contribution in [0.2, 0.25) is 0 Å². The van der Waals surface area contributed by atoms with Gasteiger partial charge in [0.2, 0.25) is 5.95 Å². The van der Waals surface area contributed by atoms with Crippen LogP contribution in [0.5, 0.6) is 0 Å². The minimum atomic E-state index is 0.554. The summed E-state index contributed by atoms with van der Waals surface area (Å²) in [6, 6.07) is 2.56. The average molecular weight is 243 g/mol. The van der Waals surface area contributed by atoms with Crippen molar-refractivity contribution in [2.75, 3.05) is 18.4 Å². The number of H-pyrrole nitrogens is 1. The second kappa shape index (κ2) is 5.18. The van der Waals surface area contributed by atoms with Crippen molar-refractivity contribution in [3.63, 3.8) is 0 Å². The lowest BCUT2D eigenvalue weighted by Crippen LogP contribution is -2.29. The first-order valence-corrected chi connectivity index (χ1v) is 6.34. The summed E-state index contributed by atoms with van der Waals surface area (Å²) >= 11 is 0. The topological polar surface area (TPSA) is 65.6 Å². The van der Waals surface area contributed by atoms with Crippen molar-refractivity contribution in [2.45, 2.75) is 18.9 Å². The van der Waals surface area contributed by atoms with Crippen LogP contribution in [-0.2, 0) is 0 Å². The molecule has 3 N–H and O–H groups in total. The predicted octanol–water partition coefficient (Wildman–Crippen LogP) is 1.64. The van der Waals surface area contributed by atoms with Crippen molar-refractivity contribution in [1.82, 2.24) is 20.3 Å². The summed E-state index contributed by atoms with van der Waals surface area (Å²) in [6.07, 6.45) is 10.0. The predicted molar refractivity (Wildman–Crippen MR) is 71.3 cm³/mol. The standard InChI is InChI=1S/C13H17N5/c1-2-12(15-4-1)9-18-13-16-7-11(8-17-13)10-3-5-14-6-10/h3,5-8,12,14-15H,1-2,4,9H2,(H,16,17,18). The van der Waals surface area contributed by atoms with E-state index >= 15 is 0 Å². The van der Waals surface area contributed by atoms with E-state index < -0.39 is 0 Å². The molecule has 5 nitrogen and oxygen atoms in total. The van der Waals surface area contributed by atoms with E-state index in [0.29, 0.717) is 12.0 Å². The molecule has 1 aliphatic rings. The Bertz CT molecular complexity index is 471. The van der Waals surface area contributed by atoms with Crippen LogP contribution in [0.4, 0.5) is 5.95 Å². The fourth-order valence-electron chi connectivity index (χ4n) is 2.22. The maximum Gasteiger partial charge on any atom is 0.222 e. The third-order valence-corrected chi connectivity index (χ3v) is 3.25. The molecule has 1 saturated heterocycles. The van der Waals surface area contributed by atoms with E-state index in [9.17, 15) is 0 Å². The highest BCUT2D eigenvalue weighted by Crippen LogP contribution is 2.16. The van der Waals surface area contributed by atoms with Crippen molar-refractivity contribution in [3.05, 3.63) is 30.9 Å². The van der Waals surface area contributed by atoms with Crippen LogP contribution in [0, 0.1) is 0 Å². The van der Waals surface area contributed by atoms with Crippen molar-refractivity contribution in [1.29, 1.82) is 0 Å². The molecule has 18 heavy (non-hydrogen) atoms. The summed E-state index contributed by atoms with van der Waals surface area (Å²) in [4.78, 5) is 11.7. The highest BCUT2D eigenvalue weighted by molar-refractivity contribution is 5.60. The summed E-state index contributed by atoms with van der Waals surface area (Å²) in [6.45, 7) is 2.02. The molecule has 0 aromatic carbocycles. The number of nitrogens with zero attached hydrogens (tertiary/aromatic N) is 2. The van der Waals surface area contributed by atoms with E-state index in [1.54, 1.807) is 0 Å². The lowest BCUT2D eigenvalue weighted by Gasteiger charge is -2.11. The van der Waals surface area contributed by atoms with Gasteiger partial charge in [-0.05, 0) is 25.5 Å². The van der Waals surface area contributed by atoms with Gasteiger partial charge in [0.15, 0.2) is 0 Å². The SMILES string of the molecule is c1cc(-c2cnc(NCC3CCCN3)nc2)c[nH]1. The molecule has 0 aliphatic carbocycles. The van der Waals surface area contributed by atoms with Crippen molar-refractivity contribution in [2.24, 2.45) is 0 Å². The Hall–Kier alpha value is -1.88. The molecule has 0 radical (unpaired) electrons. The average Bonchev–Trinajstić information content (AvgIpc) is 3.10. The van der Waals surface area contributed by atoms with E-state index in [4.69, 9.17) is 0 Å². The Labute approximate surface area is 106 Å². The van der Waals surface area contributed by atoms with Crippen LogP contribution in [0.1, 0.15) is 12.8 Å². The second-order valence-corrected chi connectivity index (χ2v) is 4.57. The molecular formula is C13H17N5. The summed E-state index contributed by atoms with van der Waals surface area (Å²) in [5.41, 5.74) is 2.14. The minimum Gasteiger partial charge on any atom is -0.367 e. The first-order chi connectivity index (χ1) is 8.92. The number of rotatable bonds is 4. The number of hydrogen-bond acceptors (Lipinski definition) is 4. The van der Waals surface area contributed by atoms with Gasteiger partial charge in [-0.3, -0.25) is 0 Å². The molecule has 1 atom stereocenters. The summed E-state index contributed by atoms with van der Waals surface area (Å²) in [7, 11) is 0. The zero-order chi connectivity index (χ0) is 12.2. The molecule has 0 saturated carbocycles. The smallest absolute Gasteiger partial charge is 0.222 e. The number of aromatic nitrogens is 3. The molecule has 1 unspecified atom stereocenters. The Morgan fingerprint density at radius 3 is 2.83 bits per heavy atom. The lowest BCUT2D eigenvalue weighted by molar-refractivity contribution is 0.631. The summed E-state index contributed by atoms with van der Waals surface area (Å²) < 4.78 is 0. The highest BCUT2D eigenvalue weighted by atomic mass is 15.1. The van der Waals surface area contributed by atoms with E-state index in [0.717, 1.165) is 24.2 Å². The maximum atomic E-state index is 4.33. The largest absolute Gasteiger partial charge is 0.367 e. The maximum absolute atomic E-state index is 4.33. The molecule has 3 rings (SSSR count). The fourth-order valence-corrected chi connectivity index (χ4v) is 2.22. The van der Waals surface area contributed by atoms with Gasteiger partial charge in [-0.25, -0.2) is 9.97 Å². The molecule has 0 spiro atoms. The zero-order valence-corrected chi connectivity index (χ0v) is 10.2. The van der Waals surface area contributed by atoms with Crippen LogP contribution in [0.25, 0.3) is 11.1 Å². The van der Waals surface area contributed by atoms with Gasteiger partial charge in [0.1, 0.15) is 0 Å². The van der Waals surface area contributed by atoms with Crippen molar-refractivity contribution >= 4 is 5.95 Å². The van der Waals surface area contributed by atoms with Gasteiger partial charge >= 0.3 is 0 Å². The van der Waals surface area contributed by atoms with Gasteiger partial charge in [-0.1, -0.05) is 0 Å². The Morgan fingerprint density at radius 1 is 1.28 bits per heavy atom. The van der Waals surface area contributed by atoms with E-state index in [1.807, 2.05) is 30.9 Å². The molecule has 0 amide bonds. The number of aromatic amines is 1. The monoisotopic (exact) mass is 243 g/mol. The van der Waals surface area contributed by atoms with Crippen molar-refractivity contribution < 1.29 is 0 Å². The Balaban J connectivity index is 1.60. The lowest BCUT2D eigenvalue weighted by atomic mass is 10.2. The van der Waals surface area contributed by atoms with Crippen LogP contribution >= 0.6 is 0 Å². The van der Waals surface area contributed by atoms with E-state index in [1.165, 1.54) is 12.8 Å². The van der Waals surface area contributed by atoms with Gasteiger partial charge < -0.3 is 15.6 Å². The third kappa shape index (κ3) is 2.51. The number of hydrogen-bond donors (Lipinski definition) is 3. The van der Waals surface area contributed by atoms with Crippen LogP contribution < -0.4 is 10.6 Å². The van der Waals surface area contributed by atoms with Gasteiger partial charge in [0.25, 0.3) is 0 Å². The summed E-state index contributed by atoms with van der Waals surface area (Å²) in [5.74, 6) is 0.697. The van der Waals surface area contributed by atoms with Gasteiger partial charge in [0, 0.05) is 48.5 Å². The number of nitrogens with one attached hydrogen (secondary N) is 3. The van der Waals surface area contributed by atoms with Gasteiger partial charge in [-0.2, -0.15) is 0 Å². The first kappa shape index (κ1) is 11.2. The van der Waals surface area contributed by atoms with E-state index in [2.05, 4.69) is 25.6 Å². The zero-order valence-electron chi connectivity index (χ0n) is 10.2. The molecule has 0 bridgehead atoms. The fraction of sp³-hybridized carbons (Fsp3) is 0.385. The van der Waals surface area contributed by atoms with Crippen molar-refractivity contribution in [3.8, 4) is 11.1 Å². The molecule has 3 heterocycles. The molecular weight excluding hydrogens is 226 g/mol. The number of anilines is 1. The molecule has 2 aromatic rings. The normalized spacial score (nSPS) is 19.0. The minimum absolute atomic E-state index is 0.554. The van der Waals surface area contributed by atoms with Crippen LogP contribution in [-0.4, -0.2) is 34.1 Å². The van der Waals surface area contributed by atoms with Crippen LogP contribution in [0.3, 0.4) is 0 Å². The third-order valence-electron chi connectivity index (χ3n) is 3.25. The molecule has 1 fully saturated rings.